The van der Waals surface area contributed by atoms with E-state index >= 15 is 0 Å². The second-order valence-corrected chi connectivity index (χ2v) is 6.03. The zero-order valence-electron chi connectivity index (χ0n) is 8.74. The third-order valence-corrected chi connectivity index (χ3v) is 4.55. The normalized spacial score (nSPS) is 13.3. The van der Waals surface area contributed by atoms with Gasteiger partial charge >= 0.3 is 7.60 Å². The van der Waals surface area contributed by atoms with E-state index in [0.717, 1.165) is 0 Å². The van der Waals surface area contributed by atoms with Gasteiger partial charge in [-0.1, -0.05) is 0 Å². The summed E-state index contributed by atoms with van der Waals surface area (Å²) in [7, 11) is -3.17. The van der Waals surface area contributed by atoms with Gasteiger partial charge in [-0.25, -0.2) is 0 Å². The molecule has 0 aliphatic rings. The molecular weight excluding hydrogens is 191 g/mol. The van der Waals surface area contributed by atoms with Crippen molar-refractivity contribution in [2.24, 2.45) is 0 Å². The maximum absolute atomic E-state index is 12.1. The molecule has 0 bridgehead atoms. The minimum atomic E-state index is -3.17. The average molecular weight is 210 g/mol. The quantitative estimate of drug-likeness (QED) is 0.681. The summed E-state index contributed by atoms with van der Waals surface area (Å²) >= 11 is 0. The van der Waals surface area contributed by atoms with Crippen LogP contribution in [0.3, 0.4) is 0 Å². The highest BCUT2D eigenvalue weighted by molar-refractivity contribution is 7.55. The van der Waals surface area contributed by atoms with Crippen LogP contribution >= 0.6 is 7.60 Å². The number of hydrogen-bond acceptors (Lipinski definition) is 4. The molecule has 0 spiro atoms. The van der Waals surface area contributed by atoms with Gasteiger partial charge < -0.3 is 14.2 Å². The standard InChI is InChI=1S/C8H19O4P/c1-5-11-13(10,12-6-2)8(3,4)7-9/h9H,5-7H2,1-4H3. The monoisotopic (exact) mass is 210 g/mol. The first-order valence-corrected chi connectivity index (χ1v) is 5.98. The van der Waals surface area contributed by atoms with Crippen LogP contribution in [0.4, 0.5) is 0 Å². The van der Waals surface area contributed by atoms with Crippen molar-refractivity contribution in [2.75, 3.05) is 19.8 Å². The maximum atomic E-state index is 12.1. The topological polar surface area (TPSA) is 55.8 Å². The zero-order chi connectivity index (χ0) is 10.5. The molecule has 0 amide bonds. The summed E-state index contributed by atoms with van der Waals surface area (Å²) in [6.07, 6.45) is 0. The Bertz CT molecular complexity index is 181. The molecule has 0 fully saturated rings. The molecule has 0 radical (unpaired) electrons. The van der Waals surface area contributed by atoms with Crippen LogP contribution < -0.4 is 0 Å². The number of rotatable bonds is 6. The third-order valence-electron chi connectivity index (χ3n) is 1.73. The van der Waals surface area contributed by atoms with E-state index < -0.39 is 12.8 Å². The van der Waals surface area contributed by atoms with Gasteiger partial charge in [0.25, 0.3) is 0 Å². The summed E-state index contributed by atoms with van der Waals surface area (Å²) in [5, 5.41) is 8.22. The largest absolute Gasteiger partial charge is 0.395 e. The molecule has 80 valence electrons. The first-order chi connectivity index (χ1) is 5.93. The average Bonchev–Trinajstić information content (AvgIpc) is 2.05. The van der Waals surface area contributed by atoms with Crippen molar-refractivity contribution in [2.45, 2.75) is 32.9 Å². The van der Waals surface area contributed by atoms with Crippen LogP contribution in [-0.2, 0) is 13.6 Å². The molecule has 0 atom stereocenters. The van der Waals surface area contributed by atoms with E-state index in [-0.39, 0.29) is 6.61 Å². The van der Waals surface area contributed by atoms with Gasteiger partial charge in [0.2, 0.25) is 0 Å². The molecule has 13 heavy (non-hydrogen) atoms. The van der Waals surface area contributed by atoms with Crippen molar-refractivity contribution in [1.82, 2.24) is 0 Å². The highest BCUT2D eigenvalue weighted by atomic mass is 31.2. The molecule has 0 saturated carbocycles. The van der Waals surface area contributed by atoms with E-state index in [1.165, 1.54) is 0 Å². The van der Waals surface area contributed by atoms with Crippen LogP contribution in [0.15, 0.2) is 0 Å². The minimum Gasteiger partial charge on any atom is -0.395 e. The van der Waals surface area contributed by atoms with Crippen LogP contribution in [0, 0.1) is 0 Å². The van der Waals surface area contributed by atoms with E-state index in [4.69, 9.17) is 14.2 Å². The Morgan fingerprint density at radius 2 is 1.62 bits per heavy atom. The number of aliphatic hydroxyl groups excluding tert-OH is 1. The first kappa shape index (κ1) is 13.1. The summed E-state index contributed by atoms with van der Waals surface area (Å²) in [5.74, 6) is 0. The molecule has 0 saturated heterocycles. The van der Waals surface area contributed by atoms with Crippen molar-refractivity contribution >= 4 is 7.60 Å². The molecule has 0 aliphatic heterocycles. The highest BCUT2D eigenvalue weighted by Crippen LogP contribution is 2.59. The third kappa shape index (κ3) is 3.06. The lowest BCUT2D eigenvalue weighted by atomic mass is 10.2. The molecule has 0 heterocycles. The lowest BCUT2D eigenvalue weighted by molar-refractivity contribution is 0.172. The van der Waals surface area contributed by atoms with Gasteiger partial charge in [-0.05, 0) is 27.7 Å². The number of hydrogen-bond donors (Lipinski definition) is 1. The molecule has 4 nitrogen and oxygen atoms in total. The van der Waals surface area contributed by atoms with Crippen LogP contribution in [0.2, 0.25) is 0 Å². The van der Waals surface area contributed by atoms with Crippen LogP contribution in [0.1, 0.15) is 27.7 Å². The first-order valence-electron chi connectivity index (χ1n) is 4.43. The smallest absolute Gasteiger partial charge is 0.338 e. The summed E-state index contributed by atoms with van der Waals surface area (Å²) < 4.78 is 22.3. The molecule has 1 N–H and O–H groups in total. The van der Waals surface area contributed by atoms with Gasteiger partial charge in [0.1, 0.15) is 0 Å². The van der Waals surface area contributed by atoms with Crippen molar-refractivity contribution in [3.63, 3.8) is 0 Å². The molecular formula is C8H19O4P. The van der Waals surface area contributed by atoms with Crippen molar-refractivity contribution in [3.8, 4) is 0 Å². The van der Waals surface area contributed by atoms with Crippen LogP contribution in [0.25, 0.3) is 0 Å². The van der Waals surface area contributed by atoms with Gasteiger partial charge in [-0.2, -0.15) is 0 Å². The molecule has 0 rings (SSSR count). The number of aliphatic hydroxyl groups is 1. The highest BCUT2D eigenvalue weighted by Gasteiger charge is 2.42. The Morgan fingerprint density at radius 3 is 1.85 bits per heavy atom. The maximum Gasteiger partial charge on any atom is 0.338 e. The minimum absolute atomic E-state index is 0.218. The molecule has 0 aromatic carbocycles. The summed E-state index contributed by atoms with van der Waals surface area (Å²) in [6.45, 7) is 7.25. The van der Waals surface area contributed by atoms with E-state index in [2.05, 4.69) is 0 Å². The fourth-order valence-electron chi connectivity index (χ4n) is 0.813. The van der Waals surface area contributed by atoms with Crippen molar-refractivity contribution < 1.29 is 18.7 Å². The Hall–Kier alpha value is 0.110. The molecule has 5 heteroatoms. The van der Waals surface area contributed by atoms with E-state index in [1.807, 2.05) is 0 Å². The van der Waals surface area contributed by atoms with Crippen LogP contribution in [-0.4, -0.2) is 30.1 Å². The van der Waals surface area contributed by atoms with Crippen LogP contribution in [0.5, 0.6) is 0 Å². The second kappa shape index (κ2) is 5.11. The van der Waals surface area contributed by atoms with Gasteiger partial charge in [0.05, 0.1) is 25.0 Å². The Kier molecular flexibility index (Phi) is 5.15. The molecule has 0 unspecified atom stereocenters. The molecule has 0 aliphatic carbocycles. The second-order valence-electron chi connectivity index (χ2n) is 3.30. The fourth-order valence-corrected chi connectivity index (χ4v) is 2.44. The Balaban J connectivity index is 4.67. The van der Waals surface area contributed by atoms with E-state index in [0.29, 0.717) is 13.2 Å². The van der Waals surface area contributed by atoms with Gasteiger partial charge in [-0.3, -0.25) is 4.57 Å². The summed E-state index contributed by atoms with van der Waals surface area (Å²) in [5.41, 5.74) is 0. The Labute approximate surface area is 79.8 Å². The predicted molar refractivity (Wildman–Crippen MR) is 52.0 cm³/mol. The SMILES string of the molecule is CCOP(=O)(OCC)C(C)(C)CO. The van der Waals surface area contributed by atoms with E-state index in [1.54, 1.807) is 27.7 Å². The predicted octanol–water partition coefficient (Wildman–Crippen LogP) is 2.02. The van der Waals surface area contributed by atoms with Crippen molar-refractivity contribution in [3.05, 3.63) is 0 Å². The molecule has 0 aromatic rings. The summed E-state index contributed by atoms with van der Waals surface area (Å²) in [6, 6.07) is 0. The van der Waals surface area contributed by atoms with Gasteiger partial charge in [0.15, 0.2) is 0 Å². The summed E-state index contributed by atoms with van der Waals surface area (Å²) in [4.78, 5) is 0. The van der Waals surface area contributed by atoms with Gasteiger partial charge in [-0.15, -0.1) is 0 Å². The van der Waals surface area contributed by atoms with Gasteiger partial charge in [0, 0.05) is 0 Å². The Morgan fingerprint density at radius 1 is 1.23 bits per heavy atom. The van der Waals surface area contributed by atoms with E-state index in [9.17, 15) is 4.57 Å². The van der Waals surface area contributed by atoms with Crippen molar-refractivity contribution in [1.29, 1.82) is 0 Å². The lowest BCUT2D eigenvalue weighted by Gasteiger charge is -2.30. The zero-order valence-corrected chi connectivity index (χ0v) is 9.63. The fraction of sp³-hybridized carbons (Fsp3) is 1.00. The lowest BCUT2D eigenvalue weighted by Crippen LogP contribution is -2.27. The molecule has 0 aromatic heterocycles.